The summed E-state index contributed by atoms with van der Waals surface area (Å²) in [6, 6.07) is 5.11. The van der Waals surface area contributed by atoms with Gasteiger partial charge in [-0.1, -0.05) is 13.0 Å². The molecule has 3 N–H and O–H groups in total. The molecule has 3 amide bonds. The average Bonchev–Trinajstić information content (AvgIpc) is 2.40. The first kappa shape index (κ1) is 15.0. The molecule has 1 atom stereocenters. The summed E-state index contributed by atoms with van der Waals surface area (Å²) in [6.07, 6.45) is 0.866. The molecule has 1 unspecified atom stereocenters. The lowest BCUT2D eigenvalue weighted by atomic mass is 10.1. The molecule has 0 fully saturated rings. The summed E-state index contributed by atoms with van der Waals surface area (Å²) in [5.41, 5.74) is 1.95. The van der Waals surface area contributed by atoms with E-state index in [0.717, 1.165) is 12.0 Å². The van der Waals surface area contributed by atoms with Crippen LogP contribution in [0.3, 0.4) is 0 Å². The second-order valence-corrected chi connectivity index (χ2v) is 4.47. The molecular weight excluding hydrogens is 242 g/mol. The van der Waals surface area contributed by atoms with Crippen molar-refractivity contribution < 1.29 is 9.59 Å². The third-order valence-corrected chi connectivity index (χ3v) is 3.04. The summed E-state index contributed by atoms with van der Waals surface area (Å²) in [5.74, 6) is -0.163. The van der Waals surface area contributed by atoms with E-state index in [0.29, 0.717) is 11.3 Å². The topological polar surface area (TPSA) is 70.2 Å². The Labute approximate surface area is 113 Å². The van der Waals surface area contributed by atoms with Crippen molar-refractivity contribution in [3.8, 4) is 0 Å². The van der Waals surface area contributed by atoms with Crippen molar-refractivity contribution in [3.63, 3.8) is 0 Å². The zero-order valence-corrected chi connectivity index (χ0v) is 11.8. The van der Waals surface area contributed by atoms with Crippen molar-refractivity contribution in [2.75, 3.05) is 12.4 Å². The largest absolute Gasteiger partial charge is 0.355 e. The fourth-order valence-electron chi connectivity index (χ4n) is 1.64. The summed E-state index contributed by atoms with van der Waals surface area (Å²) in [7, 11) is 1.58. The molecule has 0 saturated carbocycles. The summed E-state index contributed by atoms with van der Waals surface area (Å²) in [6.45, 7) is 5.75. The summed E-state index contributed by atoms with van der Waals surface area (Å²) >= 11 is 0. The quantitative estimate of drug-likeness (QED) is 0.780. The maximum atomic E-state index is 11.8. The van der Waals surface area contributed by atoms with Gasteiger partial charge in [0.25, 0.3) is 5.91 Å². The van der Waals surface area contributed by atoms with Crippen molar-refractivity contribution in [3.05, 3.63) is 29.3 Å². The van der Waals surface area contributed by atoms with Crippen LogP contribution in [0.1, 0.15) is 36.2 Å². The monoisotopic (exact) mass is 263 g/mol. The molecule has 19 heavy (non-hydrogen) atoms. The number of carbonyl (C=O) groups excluding carboxylic acids is 2. The van der Waals surface area contributed by atoms with Gasteiger partial charge in [0.05, 0.1) is 0 Å². The van der Waals surface area contributed by atoms with Crippen LogP contribution in [-0.2, 0) is 0 Å². The molecule has 5 nitrogen and oxygen atoms in total. The third-order valence-electron chi connectivity index (χ3n) is 3.04. The molecule has 1 aromatic rings. The summed E-state index contributed by atoms with van der Waals surface area (Å²) < 4.78 is 0. The van der Waals surface area contributed by atoms with Crippen LogP contribution in [-0.4, -0.2) is 25.0 Å². The molecule has 0 aliphatic carbocycles. The molecule has 0 heterocycles. The van der Waals surface area contributed by atoms with Crippen molar-refractivity contribution in [2.24, 2.45) is 0 Å². The van der Waals surface area contributed by atoms with Crippen LogP contribution in [0.2, 0.25) is 0 Å². The van der Waals surface area contributed by atoms with Gasteiger partial charge >= 0.3 is 6.03 Å². The van der Waals surface area contributed by atoms with Crippen molar-refractivity contribution in [1.29, 1.82) is 0 Å². The number of nitrogens with one attached hydrogen (secondary N) is 3. The van der Waals surface area contributed by atoms with Crippen LogP contribution in [0.5, 0.6) is 0 Å². The highest BCUT2D eigenvalue weighted by molar-refractivity contribution is 5.98. The van der Waals surface area contributed by atoms with E-state index >= 15 is 0 Å². The van der Waals surface area contributed by atoms with Crippen LogP contribution >= 0.6 is 0 Å². The Morgan fingerprint density at radius 1 is 1.32 bits per heavy atom. The lowest BCUT2D eigenvalue weighted by Crippen LogP contribution is -2.35. The first-order chi connectivity index (χ1) is 8.99. The minimum absolute atomic E-state index is 0.113. The highest BCUT2D eigenvalue weighted by Crippen LogP contribution is 2.18. The number of hydrogen-bond acceptors (Lipinski definition) is 2. The standard InChI is InChI=1S/C14H21N3O2/c1-5-9(2)16-14(19)17-12-8-6-7-11(10(12)3)13(18)15-4/h6-9H,5H2,1-4H3,(H,15,18)(H2,16,17,19). The van der Waals surface area contributed by atoms with E-state index in [1.54, 1.807) is 25.2 Å². The first-order valence-corrected chi connectivity index (χ1v) is 6.38. The highest BCUT2D eigenvalue weighted by atomic mass is 16.2. The van der Waals surface area contributed by atoms with Gasteiger partial charge in [-0.2, -0.15) is 0 Å². The molecule has 1 rings (SSSR count). The van der Waals surface area contributed by atoms with Crippen LogP contribution < -0.4 is 16.0 Å². The van der Waals surface area contributed by atoms with E-state index in [9.17, 15) is 9.59 Å². The Hall–Kier alpha value is -2.04. The molecular formula is C14H21N3O2. The van der Waals surface area contributed by atoms with Crippen molar-refractivity contribution in [1.82, 2.24) is 10.6 Å². The minimum Gasteiger partial charge on any atom is -0.355 e. The van der Waals surface area contributed by atoms with Crippen molar-refractivity contribution in [2.45, 2.75) is 33.2 Å². The molecule has 5 heteroatoms. The number of benzene rings is 1. The normalized spacial score (nSPS) is 11.6. The van der Waals surface area contributed by atoms with Crippen LogP contribution in [0.4, 0.5) is 10.5 Å². The molecule has 104 valence electrons. The van der Waals surface area contributed by atoms with Gasteiger partial charge in [-0.3, -0.25) is 4.79 Å². The van der Waals surface area contributed by atoms with E-state index in [4.69, 9.17) is 0 Å². The zero-order valence-electron chi connectivity index (χ0n) is 11.8. The molecule has 0 aromatic heterocycles. The molecule has 0 radical (unpaired) electrons. The Bertz CT molecular complexity index is 472. The van der Waals surface area contributed by atoms with Gasteiger partial charge < -0.3 is 16.0 Å². The van der Waals surface area contributed by atoms with Crippen LogP contribution in [0.25, 0.3) is 0 Å². The summed E-state index contributed by atoms with van der Waals surface area (Å²) in [4.78, 5) is 23.4. The second kappa shape index (κ2) is 6.78. The molecule has 0 bridgehead atoms. The van der Waals surface area contributed by atoms with Gasteiger partial charge in [-0.15, -0.1) is 0 Å². The van der Waals surface area contributed by atoms with Crippen LogP contribution in [0, 0.1) is 6.92 Å². The van der Waals surface area contributed by atoms with Gasteiger partial charge in [-0.05, 0) is 38.0 Å². The second-order valence-electron chi connectivity index (χ2n) is 4.47. The Kier molecular flexibility index (Phi) is 5.36. The maximum Gasteiger partial charge on any atom is 0.319 e. The summed E-state index contributed by atoms with van der Waals surface area (Å²) in [5, 5.41) is 8.16. The molecule has 0 spiro atoms. The fourth-order valence-corrected chi connectivity index (χ4v) is 1.64. The van der Waals surface area contributed by atoms with Crippen LogP contribution in [0.15, 0.2) is 18.2 Å². The SMILES string of the molecule is CCC(C)NC(=O)Nc1cccc(C(=O)NC)c1C. The number of amides is 3. The number of rotatable bonds is 4. The predicted molar refractivity (Wildman–Crippen MR) is 76.5 cm³/mol. The van der Waals surface area contributed by atoms with Gasteiger partial charge in [0, 0.05) is 24.3 Å². The van der Waals surface area contributed by atoms with Gasteiger partial charge in [0.15, 0.2) is 0 Å². The molecule has 0 saturated heterocycles. The van der Waals surface area contributed by atoms with Crippen molar-refractivity contribution >= 4 is 17.6 Å². The molecule has 0 aliphatic rings. The van der Waals surface area contributed by atoms with Gasteiger partial charge in [0.1, 0.15) is 0 Å². The predicted octanol–water partition coefficient (Wildman–Crippen LogP) is 2.27. The van der Waals surface area contributed by atoms with E-state index < -0.39 is 0 Å². The van der Waals surface area contributed by atoms with E-state index in [1.807, 2.05) is 20.8 Å². The first-order valence-electron chi connectivity index (χ1n) is 6.38. The average molecular weight is 263 g/mol. The van der Waals surface area contributed by atoms with Gasteiger partial charge in [0.2, 0.25) is 0 Å². The maximum absolute atomic E-state index is 11.8. The highest BCUT2D eigenvalue weighted by Gasteiger charge is 2.12. The smallest absolute Gasteiger partial charge is 0.319 e. The number of carbonyl (C=O) groups is 2. The Balaban J connectivity index is 2.85. The van der Waals surface area contributed by atoms with Gasteiger partial charge in [-0.25, -0.2) is 4.79 Å². The van der Waals surface area contributed by atoms with E-state index in [1.165, 1.54) is 0 Å². The lowest BCUT2D eigenvalue weighted by molar-refractivity contribution is 0.0962. The number of hydrogen-bond donors (Lipinski definition) is 3. The van der Waals surface area contributed by atoms with E-state index in [2.05, 4.69) is 16.0 Å². The Morgan fingerprint density at radius 3 is 2.58 bits per heavy atom. The number of anilines is 1. The minimum atomic E-state index is -0.258. The zero-order chi connectivity index (χ0) is 14.4. The number of urea groups is 1. The lowest BCUT2D eigenvalue weighted by Gasteiger charge is -2.15. The fraction of sp³-hybridized carbons (Fsp3) is 0.429. The Morgan fingerprint density at radius 2 is 2.00 bits per heavy atom. The molecule has 1 aromatic carbocycles. The third kappa shape index (κ3) is 3.98. The molecule has 0 aliphatic heterocycles. The van der Waals surface area contributed by atoms with E-state index in [-0.39, 0.29) is 18.0 Å².